The molecule has 1 N–H and O–H groups in total. The smallest absolute Gasteiger partial charge is 0.243 e. The Kier molecular flexibility index (Phi) is 5.36. The molecule has 3 aromatic rings. The van der Waals surface area contributed by atoms with Crippen LogP contribution >= 0.6 is 0 Å². The predicted octanol–water partition coefficient (Wildman–Crippen LogP) is 2.61. The van der Waals surface area contributed by atoms with Crippen LogP contribution in [0.25, 0.3) is 11.3 Å². The van der Waals surface area contributed by atoms with Gasteiger partial charge in [-0.3, -0.25) is 4.98 Å². The van der Waals surface area contributed by atoms with E-state index in [4.69, 9.17) is 9.47 Å². The van der Waals surface area contributed by atoms with Crippen LogP contribution < -0.4 is 14.8 Å². The van der Waals surface area contributed by atoms with Crippen molar-refractivity contribution in [2.45, 2.75) is 6.42 Å². The topological polar surface area (TPSA) is 82.1 Å². The summed E-state index contributed by atoms with van der Waals surface area (Å²) in [6, 6.07) is 9.51. The van der Waals surface area contributed by atoms with Gasteiger partial charge in [-0.15, -0.1) is 5.10 Å². The van der Waals surface area contributed by atoms with Crippen molar-refractivity contribution in [2.24, 2.45) is 0 Å². The number of methoxy groups -OCH3 is 2. The highest BCUT2D eigenvalue weighted by atomic mass is 16.5. The van der Waals surface area contributed by atoms with Crippen molar-refractivity contribution >= 4 is 5.95 Å². The van der Waals surface area contributed by atoms with Crippen LogP contribution in [-0.2, 0) is 6.42 Å². The molecule has 1 aromatic carbocycles. The fraction of sp³-hybridized carbons (Fsp3) is 0.222. The third kappa shape index (κ3) is 4.20. The van der Waals surface area contributed by atoms with Gasteiger partial charge < -0.3 is 14.8 Å². The highest BCUT2D eigenvalue weighted by molar-refractivity contribution is 5.68. The van der Waals surface area contributed by atoms with E-state index in [0.29, 0.717) is 23.9 Å². The molecule has 0 unspecified atom stereocenters. The van der Waals surface area contributed by atoms with Gasteiger partial charge >= 0.3 is 0 Å². The van der Waals surface area contributed by atoms with Crippen molar-refractivity contribution in [3.63, 3.8) is 0 Å². The molecule has 0 aliphatic carbocycles. The average molecular weight is 337 g/mol. The highest BCUT2D eigenvalue weighted by Crippen LogP contribution is 2.31. The maximum Gasteiger partial charge on any atom is 0.243 e. The molecule has 0 radical (unpaired) electrons. The fourth-order valence-corrected chi connectivity index (χ4v) is 2.38. The Bertz CT molecular complexity index is 827. The van der Waals surface area contributed by atoms with Crippen molar-refractivity contribution in [3.05, 3.63) is 54.5 Å². The van der Waals surface area contributed by atoms with Crippen LogP contribution in [-0.4, -0.2) is 40.9 Å². The second-order valence-electron chi connectivity index (χ2n) is 5.27. The normalized spacial score (nSPS) is 10.3. The predicted molar refractivity (Wildman–Crippen MR) is 94.8 cm³/mol. The first-order chi connectivity index (χ1) is 12.3. The molecule has 0 amide bonds. The van der Waals surface area contributed by atoms with Gasteiger partial charge in [0.2, 0.25) is 5.95 Å². The van der Waals surface area contributed by atoms with E-state index in [1.807, 2.05) is 36.5 Å². The SMILES string of the molecule is COc1ccc(-c2cnnc(NCCc3cccnc3)n2)c(OC)c1. The van der Waals surface area contributed by atoms with E-state index >= 15 is 0 Å². The van der Waals surface area contributed by atoms with Crippen LogP contribution in [0.1, 0.15) is 5.56 Å². The first kappa shape index (κ1) is 16.6. The minimum Gasteiger partial charge on any atom is -0.497 e. The molecular weight excluding hydrogens is 318 g/mol. The zero-order valence-electron chi connectivity index (χ0n) is 14.1. The van der Waals surface area contributed by atoms with E-state index in [0.717, 1.165) is 23.3 Å². The number of hydrogen-bond donors (Lipinski definition) is 1. The maximum absolute atomic E-state index is 5.43. The molecule has 2 aromatic heterocycles. The minimum atomic E-state index is 0.472. The molecule has 3 rings (SSSR count). The summed E-state index contributed by atoms with van der Waals surface area (Å²) in [7, 11) is 3.23. The quantitative estimate of drug-likeness (QED) is 0.709. The second kappa shape index (κ2) is 8.05. The Labute approximate surface area is 146 Å². The number of ether oxygens (including phenoxy) is 2. The molecule has 0 bridgehead atoms. The van der Waals surface area contributed by atoms with E-state index < -0.39 is 0 Å². The lowest BCUT2D eigenvalue weighted by Crippen LogP contribution is -2.09. The lowest BCUT2D eigenvalue weighted by molar-refractivity contribution is 0.395. The molecule has 0 aliphatic rings. The molecule has 0 aliphatic heterocycles. The molecule has 25 heavy (non-hydrogen) atoms. The zero-order valence-corrected chi connectivity index (χ0v) is 14.1. The number of benzene rings is 1. The van der Waals surface area contributed by atoms with E-state index in [9.17, 15) is 0 Å². The molecule has 7 heteroatoms. The van der Waals surface area contributed by atoms with Gasteiger partial charge in [0.1, 0.15) is 11.5 Å². The van der Waals surface area contributed by atoms with Crippen LogP contribution in [0.4, 0.5) is 5.95 Å². The minimum absolute atomic E-state index is 0.472. The molecule has 0 fully saturated rings. The third-order valence-corrected chi connectivity index (χ3v) is 3.66. The van der Waals surface area contributed by atoms with Gasteiger partial charge in [-0.25, -0.2) is 4.98 Å². The van der Waals surface area contributed by atoms with Crippen LogP contribution in [0.2, 0.25) is 0 Å². The van der Waals surface area contributed by atoms with Crippen molar-refractivity contribution in [2.75, 3.05) is 26.1 Å². The van der Waals surface area contributed by atoms with Gasteiger partial charge in [0.15, 0.2) is 0 Å². The summed E-state index contributed by atoms with van der Waals surface area (Å²) < 4.78 is 10.6. The first-order valence-electron chi connectivity index (χ1n) is 7.85. The van der Waals surface area contributed by atoms with Crippen molar-refractivity contribution in [3.8, 4) is 22.8 Å². The number of nitrogens with one attached hydrogen (secondary N) is 1. The Morgan fingerprint density at radius 2 is 2.00 bits per heavy atom. The molecule has 0 spiro atoms. The second-order valence-corrected chi connectivity index (χ2v) is 5.27. The van der Waals surface area contributed by atoms with Crippen molar-refractivity contribution in [1.82, 2.24) is 20.2 Å². The molecule has 0 saturated carbocycles. The molecule has 128 valence electrons. The lowest BCUT2D eigenvalue weighted by atomic mass is 10.1. The molecule has 0 atom stereocenters. The van der Waals surface area contributed by atoms with Crippen LogP contribution in [0.3, 0.4) is 0 Å². The van der Waals surface area contributed by atoms with Crippen LogP contribution in [0, 0.1) is 0 Å². The average Bonchev–Trinajstić information content (AvgIpc) is 2.68. The Hall–Kier alpha value is -3.22. The van der Waals surface area contributed by atoms with Gasteiger partial charge in [-0.2, -0.15) is 5.10 Å². The van der Waals surface area contributed by atoms with E-state index in [1.54, 1.807) is 26.6 Å². The highest BCUT2D eigenvalue weighted by Gasteiger charge is 2.10. The van der Waals surface area contributed by atoms with E-state index in [2.05, 4.69) is 25.5 Å². The summed E-state index contributed by atoms with van der Waals surface area (Å²) in [5, 5.41) is 11.2. The first-order valence-corrected chi connectivity index (χ1v) is 7.85. The molecular formula is C18H19N5O2. The lowest BCUT2D eigenvalue weighted by Gasteiger charge is -2.10. The maximum atomic E-state index is 5.43. The molecule has 2 heterocycles. The van der Waals surface area contributed by atoms with E-state index in [-0.39, 0.29) is 0 Å². The summed E-state index contributed by atoms with van der Waals surface area (Å²) in [6.07, 6.45) is 6.04. The Morgan fingerprint density at radius 3 is 2.76 bits per heavy atom. The summed E-state index contributed by atoms with van der Waals surface area (Å²) in [5.41, 5.74) is 2.66. The number of aromatic nitrogens is 4. The van der Waals surface area contributed by atoms with Crippen LogP contribution in [0.15, 0.2) is 48.9 Å². The van der Waals surface area contributed by atoms with Gasteiger partial charge in [0.25, 0.3) is 0 Å². The van der Waals surface area contributed by atoms with Crippen LogP contribution in [0.5, 0.6) is 11.5 Å². The Morgan fingerprint density at radius 1 is 1.08 bits per heavy atom. The fourth-order valence-electron chi connectivity index (χ4n) is 2.38. The van der Waals surface area contributed by atoms with Gasteiger partial charge in [-0.05, 0) is 30.2 Å². The summed E-state index contributed by atoms with van der Waals surface area (Å²) in [6.45, 7) is 0.691. The van der Waals surface area contributed by atoms with Crippen molar-refractivity contribution < 1.29 is 9.47 Å². The van der Waals surface area contributed by atoms with Crippen molar-refractivity contribution in [1.29, 1.82) is 0 Å². The van der Waals surface area contributed by atoms with Gasteiger partial charge in [-0.1, -0.05) is 6.07 Å². The largest absolute Gasteiger partial charge is 0.497 e. The number of anilines is 1. The number of nitrogens with zero attached hydrogens (tertiary/aromatic N) is 4. The summed E-state index contributed by atoms with van der Waals surface area (Å²) in [5.74, 6) is 1.86. The summed E-state index contributed by atoms with van der Waals surface area (Å²) in [4.78, 5) is 8.62. The Balaban J connectivity index is 1.73. The number of pyridine rings is 1. The van der Waals surface area contributed by atoms with Gasteiger partial charge in [0.05, 0.1) is 26.1 Å². The monoisotopic (exact) mass is 337 g/mol. The number of hydrogen-bond acceptors (Lipinski definition) is 7. The number of rotatable bonds is 7. The molecule has 7 nitrogen and oxygen atoms in total. The van der Waals surface area contributed by atoms with E-state index in [1.165, 1.54) is 0 Å². The third-order valence-electron chi connectivity index (χ3n) is 3.66. The summed E-state index contributed by atoms with van der Waals surface area (Å²) >= 11 is 0. The standard InChI is InChI=1S/C18H19N5O2/c1-24-14-5-6-15(17(10-14)25-2)16-12-21-23-18(22-16)20-9-7-13-4-3-8-19-11-13/h3-6,8,10-12H,7,9H2,1-2H3,(H,20,22,23). The zero-order chi connectivity index (χ0) is 17.5. The van der Waals surface area contributed by atoms with Gasteiger partial charge in [0, 0.05) is 30.6 Å². The molecule has 0 saturated heterocycles.